The number of benzene rings is 2. The fraction of sp³-hybridized carbons (Fsp3) is 0.217. The van der Waals surface area contributed by atoms with Crippen LogP contribution in [0.4, 0.5) is 4.39 Å². The molecule has 1 amide bonds. The molecular weight excluding hydrogens is 447 g/mol. The molecule has 1 spiro atoms. The van der Waals surface area contributed by atoms with E-state index in [1.807, 2.05) is 12.1 Å². The Labute approximate surface area is 193 Å². The molecule has 2 aromatic carbocycles. The first-order valence-corrected chi connectivity index (χ1v) is 11.0. The molecule has 0 bridgehead atoms. The topological polar surface area (TPSA) is 119 Å². The van der Waals surface area contributed by atoms with Gasteiger partial charge in [-0.15, -0.1) is 0 Å². The third-order valence-corrected chi connectivity index (χ3v) is 7.26. The second kappa shape index (κ2) is 7.91. The lowest BCUT2D eigenvalue weighted by Crippen LogP contribution is -2.67. The molecule has 1 fully saturated rings. The van der Waals surface area contributed by atoms with Crippen LogP contribution in [0.1, 0.15) is 28.0 Å². The number of para-hydroxylation sites is 1. The number of ether oxygens (including phenoxy) is 2. The van der Waals surface area contributed by atoms with Crippen LogP contribution in [0.3, 0.4) is 0 Å². The van der Waals surface area contributed by atoms with Crippen LogP contribution in [-0.2, 0) is 4.75 Å². The van der Waals surface area contributed by atoms with Gasteiger partial charge in [0.25, 0.3) is 5.91 Å². The Morgan fingerprint density at radius 3 is 2.88 bits per heavy atom. The fourth-order valence-corrected chi connectivity index (χ4v) is 5.84. The van der Waals surface area contributed by atoms with E-state index in [0.29, 0.717) is 30.0 Å². The van der Waals surface area contributed by atoms with Gasteiger partial charge < -0.3 is 19.9 Å². The Bertz CT molecular complexity index is 1240. The number of carbonyl (C=O) groups is 1. The number of carbonyl (C=O) groups excluding carboxylic acids is 1. The predicted octanol–water partition coefficient (Wildman–Crippen LogP) is 3.01. The van der Waals surface area contributed by atoms with Crippen molar-refractivity contribution in [2.75, 3.05) is 13.7 Å². The smallest absolute Gasteiger partial charge is 0.272 e. The zero-order valence-corrected chi connectivity index (χ0v) is 18.4. The van der Waals surface area contributed by atoms with Gasteiger partial charge in [0, 0.05) is 23.7 Å². The summed E-state index contributed by atoms with van der Waals surface area (Å²) in [6.45, 7) is 0.408. The fourth-order valence-electron chi connectivity index (χ4n) is 4.23. The summed E-state index contributed by atoms with van der Waals surface area (Å²) in [5.41, 5.74) is 8.02. The highest BCUT2D eigenvalue weighted by Gasteiger charge is 2.51. The van der Waals surface area contributed by atoms with E-state index < -0.39 is 21.6 Å². The normalized spacial score (nSPS) is 23.2. The number of hydrogen-bond donors (Lipinski definition) is 4. The standard InChI is InChI=1S/C23H21FN4O4S/c1-31-14-6-7-18(26-12-14)21(30)28-23(25)27-9-8-22(33-23)15-4-2-3-5-19(15)32-20-16(22)10-13(29)11-17(20)24/h2-7,10-12,27,29H,8-9,25H2,1H3,(H,28,30)/t22-,23?/m0/s1. The second-order valence-corrected chi connectivity index (χ2v) is 9.33. The quantitative estimate of drug-likeness (QED) is 0.433. The van der Waals surface area contributed by atoms with E-state index in [1.54, 1.807) is 18.2 Å². The van der Waals surface area contributed by atoms with Gasteiger partial charge in [-0.1, -0.05) is 30.0 Å². The number of rotatable bonds is 3. The molecule has 2 aliphatic heterocycles. The summed E-state index contributed by atoms with van der Waals surface area (Å²) in [5, 5.41) is 14.7. The molecule has 0 aliphatic carbocycles. The summed E-state index contributed by atoms with van der Waals surface area (Å²) in [7, 11) is 1.51. The first-order chi connectivity index (χ1) is 15.8. The molecule has 1 saturated heterocycles. The van der Waals surface area contributed by atoms with E-state index in [0.717, 1.165) is 11.6 Å². The average molecular weight is 469 g/mol. The third-order valence-electron chi connectivity index (χ3n) is 5.70. The highest BCUT2D eigenvalue weighted by molar-refractivity contribution is 8.01. The van der Waals surface area contributed by atoms with Gasteiger partial charge in [0.1, 0.15) is 22.9 Å². The van der Waals surface area contributed by atoms with Crippen molar-refractivity contribution in [2.24, 2.45) is 5.73 Å². The van der Waals surface area contributed by atoms with Crippen LogP contribution in [-0.4, -0.2) is 34.8 Å². The number of halogens is 1. The van der Waals surface area contributed by atoms with Crippen molar-refractivity contribution in [3.8, 4) is 23.0 Å². The minimum Gasteiger partial charge on any atom is -0.508 e. The first-order valence-electron chi connectivity index (χ1n) is 10.2. The molecule has 2 atom stereocenters. The van der Waals surface area contributed by atoms with Crippen LogP contribution < -0.4 is 25.8 Å². The van der Waals surface area contributed by atoms with E-state index in [-0.39, 0.29) is 17.2 Å². The van der Waals surface area contributed by atoms with Crippen molar-refractivity contribution < 1.29 is 23.8 Å². The van der Waals surface area contributed by atoms with Gasteiger partial charge >= 0.3 is 0 Å². The molecule has 170 valence electrons. The number of pyridine rings is 1. The van der Waals surface area contributed by atoms with E-state index in [2.05, 4.69) is 15.6 Å². The van der Waals surface area contributed by atoms with E-state index in [9.17, 15) is 14.3 Å². The number of phenolic OH excluding ortho intramolecular Hbond substituents is 1. The van der Waals surface area contributed by atoms with Crippen molar-refractivity contribution in [1.29, 1.82) is 0 Å². The molecule has 10 heteroatoms. The van der Waals surface area contributed by atoms with Crippen molar-refractivity contribution >= 4 is 17.7 Å². The largest absolute Gasteiger partial charge is 0.508 e. The number of nitrogens with one attached hydrogen (secondary N) is 2. The lowest BCUT2D eigenvalue weighted by atomic mass is 9.84. The molecular formula is C23H21FN4O4S. The number of aromatic hydroxyl groups is 1. The lowest BCUT2D eigenvalue weighted by molar-refractivity contribution is 0.0912. The summed E-state index contributed by atoms with van der Waals surface area (Å²) in [6.07, 6.45) is 1.96. The van der Waals surface area contributed by atoms with Crippen LogP contribution in [0.5, 0.6) is 23.0 Å². The Morgan fingerprint density at radius 2 is 2.12 bits per heavy atom. The highest BCUT2D eigenvalue weighted by Crippen LogP contribution is 2.59. The SMILES string of the molecule is COc1ccc(C(=O)NC2(N)NCC[C@]3(S2)c2ccccc2Oc2c(F)cc(O)cc23)nc1. The number of thioether (sulfide) groups is 1. The molecule has 5 N–H and O–H groups in total. The van der Waals surface area contributed by atoms with Crippen LogP contribution in [0, 0.1) is 5.82 Å². The van der Waals surface area contributed by atoms with Gasteiger partial charge in [0.05, 0.1) is 18.1 Å². The number of aromatic nitrogens is 1. The minimum atomic E-state index is -1.42. The first kappa shape index (κ1) is 21.5. The van der Waals surface area contributed by atoms with E-state index >= 15 is 0 Å². The molecule has 1 unspecified atom stereocenters. The van der Waals surface area contributed by atoms with Crippen molar-refractivity contribution in [2.45, 2.75) is 16.3 Å². The maximum atomic E-state index is 14.8. The second-order valence-electron chi connectivity index (χ2n) is 7.78. The van der Waals surface area contributed by atoms with Crippen LogP contribution in [0.15, 0.2) is 54.7 Å². The van der Waals surface area contributed by atoms with Crippen LogP contribution in [0.2, 0.25) is 0 Å². The molecule has 33 heavy (non-hydrogen) atoms. The molecule has 8 nitrogen and oxygen atoms in total. The summed E-state index contributed by atoms with van der Waals surface area (Å²) >= 11 is 1.21. The van der Waals surface area contributed by atoms with Gasteiger partial charge in [0.15, 0.2) is 16.7 Å². The average Bonchev–Trinajstić information content (AvgIpc) is 2.80. The molecule has 3 aromatic rings. The Morgan fingerprint density at radius 1 is 1.30 bits per heavy atom. The lowest BCUT2D eigenvalue weighted by Gasteiger charge is -2.48. The van der Waals surface area contributed by atoms with Crippen molar-refractivity contribution in [3.63, 3.8) is 0 Å². The van der Waals surface area contributed by atoms with Gasteiger partial charge in [0.2, 0.25) is 0 Å². The van der Waals surface area contributed by atoms with E-state index in [1.165, 1.54) is 37.2 Å². The molecule has 0 radical (unpaired) electrons. The van der Waals surface area contributed by atoms with Gasteiger partial charge in [-0.05, 0) is 30.7 Å². The summed E-state index contributed by atoms with van der Waals surface area (Å²) in [6, 6.07) is 13.0. The zero-order valence-electron chi connectivity index (χ0n) is 17.6. The Hall–Kier alpha value is -3.34. The van der Waals surface area contributed by atoms with Crippen molar-refractivity contribution in [3.05, 3.63) is 77.4 Å². The number of nitrogens with zero attached hydrogens (tertiary/aromatic N) is 1. The maximum Gasteiger partial charge on any atom is 0.272 e. The minimum absolute atomic E-state index is 0.0337. The molecule has 2 aliphatic rings. The monoisotopic (exact) mass is 468 g/mol. The van der Waals surface area contributed by atoms with Gasteiger partial charge in [-0.3, -0.25) is 15.8 Å². The molecule has 3 heterocycles. The third kappa shape index (κ3) is 3.65. The van der Waals surface area contributed by atoms with E-state index in [4.69, 9.17) is 15.2 Å². The number of fused-ring (bicyclic) bond motifs is 4. The molecule has 0 saturated carbocycles. The van der Waals surface area contributed by atoms with Crippen molar-refractivity contribution in [1.82, 2.24) is 15.6 Å². The predicted molar refractivity (Wildman–Crippen MR) is 121 cm³/mol. The van der Waals surface area contributed by atoms with Gasteiger partial charge in [-0.2, -0.15) is 0 Å². The maximum absolute atomic E-state index is 14.8. The Balaban J connectivity index is 1.55. The van der Waals surface area contributed by atoms with Crippen LogP contribution in [0.25, 0.3) is 0 Å². The van der Waals surface area contributed by atoms with Crippen LogP contribution >= 0.6 is 11.8 Å². The number of nitrogens with two attached hydrogens (primary N) is 1. The number of amides is 1. The van der Waals surface area contributed by atoms with Gasteiger partial charge in [-0.25, -0.2) is 9.37 Å². The summed E-state index contributed by atoms with van der Waals surface area (Å²) in [5.74, 6) is -0.329. The number of hydrogen-bond acceptors (Lipinski definition) is 8. The molecule has 1 aromatic heterocycles. The Kier molecular flexibility index (Phi) is 5.15. The number of phenols is 1. The zero-order chi connectivity index (χ0) is 23.2. The summed E-state index contributed by atoms with van der Waals surface area (Å²) < 4.78 is 24.9. The number of methoxy groups -OCH3 is 1. The highest BCUT2D eigenvalue weighted by atomic mass is 32.2. The molecule has 5 rings (SSSR count). The summed E-state index contributed by atoms with van der Waals surface area (Å²) in [4.78, 5) is 17.0.